The maximum atomic E-state index is 12.3. The van der Waals surface area contributed by atoms with Crippen LogP contribution >= 0.6 is 23.4 Å². The van der Waals surface area contributed by atoms with Crippen LogP contribution < -0.4 is 0 Å². The van der Waals surface area contributed by atoms with Gasteiger partial charge in [-0.25, -0.2) is 4.79 Å². The Bertz CT molecular complexity index is 534. The van der Waals surface area contributed by atoms with E-state index in [0.717, 1.165) is 5.56 Å². The van der Waals surface area contributed by atoms with Gasteiger partial charge < -0.3 is 0 Å². The average molecular weight is 297 g/mol. The summed E-state index contributed by atoms with van der Waals surface area (Å²) < 4.78 is 0. The number of hydrogen-bond acceptors (Lipinski definition) is 3. The predicted molar refractivity (Wildman–Crippen MR) is 74.9 cm³/mol. The molecule has 4 nitrogen and oxygen atoms in total. The average Bonchev–Trinajstić information content (AvgIpc) is 2.88. The third kappa shape index (κ3) is 2.11. The molecule has 2 atom stereocenters. The van der Waals surface area contributed by atoms with Crippen LogP contribution in [0.3, 0.4) is 0 Å². The SMILES string of the molecule is CC1SC[C@H]2C(=O)N(Cc3ccc(Cl)cc3)C(=O)N12. The van der Waals surface area contributed by atoms with E-state index >= 15 is 0 Å². The number of thioether (sulfide) groups is 1. The van der Waals surface area contributed by atoms with Crippen molar-refractivity contribution in [3.8, 4) is 0 Å². The number of carbonyl (C=O) groups excluding carboxylic acids is 2. The maximum Gasteiger partial charge on any atom is 0.328 e. The normalized spacial score (nSPS) is 26.2. The highest BCUT2D eigenvalue weighted by atomic mass is 35.5. The predicted octanol–water partition coefficient (Wildman–Crippen LogP) is 2.57. The summed E-state index contributed by atoms with van der Waals surface area (Å²) in [6.07, 6.45) is 0. The van der Waals surface area contributed by atoms with Crippen LogP contribution in [0.1, 0.15) is 12.5 Å². The van der Waals surface area contributed by atoms with Crippen molar-refractivity contribution >= 4 is 35.3 Å². The Labute approximate surface area is 120 Å². The molecule has 0 radical (unpaired) electrons. The lowest BCUT2D eigenvalue weighted by Gasteiger charge is -2.19. The molecule has 2 saturated heterocycles. The molecule has 0 N–H and O–H groups in total. The van der Waals surface area contributed by atoms with Crippen molar-refractivity contribution in [1.82, 2.24) is 9.80 Å². The lowest BCUT2D eigenvalue weighted by molar-refractivity contribution is -0.128. The quantitative estimate of drug-likeness (QED) is 0.788. The Hall–Kier alpha value is -1.20. The Morgan fingerprint density at radius 3 is 2.63 bits per heavy atom. The zero-order chi connectivity index (χ0) is 13.6. The Kier molecular flexibility index (Phi) is 3.19. The van der Waals surface area contributed by atoms with Crippen LogP contribution in [0.15, 0.2) is 24.3 Å². The molecule has 0 spiro atoms. The van der Waals surface area contributed by atoms with Gasteiger partial charge in [0.05, 0.1) is 11.9 Å². The molecule has 100 valence electrons. The third-order valence-corrected chi connectivity index (χ3v) is 4.95. The van der Waals surface area contributed by atoms with E-state index < -0.39 is 0 Å². The molecule has 1 aromatic rings. The van der Waals surface area contributed by atoms with Crippen LogP contribution in [-0.2, 0) is 11.3 Å². The number of halogens is 1. The van der Waals surface area contributed by atoms with Gasteiger partial charge >= 0.3 is 6.03 Å². The van der Waals surface area contributed by atoms with Gasteiger partial charge in [-0.05, 0) is 24.6 Å². The van der Waals surface area contributed by atoms with Crippen molar-refractivity contribution in [2.45, 2.75) is 24.9 Å². The minimum absolute atomic E-state index is 0.0802. The van der Waals surface area contributed by atoms with E-state index in [0.29, 0.717) is 17.3 Å². The molecule has 3 amide bonds. The minimum atomic E-state index is -0.278. The van der Waals surface area contributed by atoms with Crippen LogP contribution in [0.4, 0.5) is 4.79 Å². The van der Waals surface area contributed by atoms with Gasteiger partial charge in [0.25, 0.3) is 5.91 Å². The van der Waals surface area contributed by atoms with E-state index in [1.807, 2.05) is 19.1 Å². The highest BCUT2D eigenvalue weighted by Gasteiger charge is 2.50. The second-order valence-corrected chi connectivity index (χ2v) is 6.47. The van der Waals surface area contributed by atoms with Crippen LogP contribution in [0.2, 0.25) is 5.02 Å². The minimum Gasteiger partial charge on any atom is -0.300 e. The number of hydrogen-bond donors (Lipinski definition) is 0. The van der Waals surface area contributed by atoms with Crippen LogP contribution in [0, 0.1) is 0 Å². The molecule has 2 heterocycles. The molecule has 0 saturated carbocycles. The van der Waals surface area contributed by atoms with Gasteiger partial charge in [0.15, 0.2) is 0 Å². The molecule has 0 bridgehead atoms. The second kappa shape index (κ2) is 4.72. The first-order chi connectivity index (χ1) is 9.08. The summed E-state index contributed by atoms with van der Waals surface area (Å²) in [5, 5.41) is 0.727. The number of carbonyl (C=O) groups is 2. The van der Waals surface area contributed by atoms with Crippen molar-refractivity contribution in [3.05, 3.63) is 34.9 Å². The molecule has 6 heteroatoms. The lowest BCUT2D eigenvalue weighted by atomic mass is 10.2. The van der Waals surface area contributed by atoms with Crippen molar-refractivity contribution < 1.29 is 9.59 Å². The molecule has 2 aliphatic rings. The van der Waals surface area contributed by atoms with E-state index in [-0.39, 0.29) is 23.4 Å². The molecule has 0 aromatic heterocycles. The number of urea groups is 1. The van der Waals surface area contributed by atoms with Gasteiger partial charge in [0, 0.05) is 10.8 Å². The van der Waals surface area contributed by atoms with E-state index in [2.05, 4.69) is 0 Å². The first-order valence-corrected chi connectivity index (χ1v) is 7.50. The number of amides is 3. The highest BCUT2D eigenvalue weighted by Crippen LogP contribution is 2.35. The summed E-state index contributed by atoms with van der Waals surface area (Å²) in [5.74, 6) is 0.611. The standard InChI is InChI=1S/C13H13ClN2O2S/c1-8-16-11(7-19-8)12(17)15(13(16)18)6-9-2-4-10(14)5-3-9/h2-5,8,11H,6-7H2,1H3/t8?,11-/m0/s1. The van der Waals surface area contributed by atoms with Gasteiger partial charge in [0.1, 0.15) is 6.04 Å². The summed E-state index contributed by atoms with van der Waals surface area (Å²) in [6.45, 7) is 2.28. The molecule has 0 aliphatic carbocycles. The fourth-order valence-corrected chi connectivity index (χ4v) is 3.74. The number of imide groups is 1. The van der Waals surface area contributed by atoms with Gasteiger partial charge in [-0.3, -0.25) is 14.6 Å². The second-order valence-electron chi connectivity index (χ2n) is 4.69. The first-order valence-electron chi connectivity index (χ1n) is 6.07. The molecule has 1 unspecified atom stereocenters. The number of fused-ring (bicyclic) bond motifs is 1. The lowest BCUT2D eigenvalue weighted by Crippen LogP contribution is -2.35. The van der Waals surface area contributed by atoms with Crippen molar-refractivity contribution in [2.75, 3.05) is 5.75 Å². The molecule has 1 aromatic carbocycles. The summed E-state index contributed by atoms with van der Waals surface area (Å²) in [5.41, 5.74) is 0.910. The summed E-state index contributed by atoms with van der Waals surface area (Å²) >= 11 is 7.47. The van der Waals surface area contributed by atoms with Crippen molar-refractivity contribution in [2.24, 2.45) is 0 Å². The van der Waals surface area contributed by atoms with Crippen LogP contribution in [0.25, 0.3) is 0 Å². The highest BCUT2D eigenvalue weighted by molar-refractivity contribution is 8.00. The molecule has 2 fully saturated rings. The fraction of sp³-hybridized carbons (Fsp3) is 0.385. The van der Waals surface area contributed by atoms with E-state index in [1.54, 1.807) is 28.8 Å². The molecular formula is C13H13ClN2O2S. The monoisotopic (exact) mass is 296 g/mol. The Morgan fingerprint density at radius 1 is 1.32 bits per heavy atom. The molecular weight excluding hydrogens is 284 g/mol. The van der Waals surface area contributed by atoms with E-state index in [1.165, 1.54) is 4.90 Å². The topological polar surface area (TPSA) is 40.6 Å². The molecule has 2 aliphatic heterocycles. The smallest absolute Gasteiger partial charge is 0.300 e. The summed E-state index contributed by atoms with van der Waals surface area (Å²) in [7, 11) is 0. The van der Waals surface area contributed by atoms with Crippen molar-refractivity contribution in [3.63, 3.8) is 0 Å². The molecule has 19 heavy (non-hydrogen) atoms. The fourth-order valence-electron chi connectivity index (χ4n) is 2.45. The summed E-state index contributed by atoms with van der Waals surface area (Å²) in [4.78, 5) is 27.5. The first kappa shape index (κ1) is 12.8. The molecule has 3 rings (SSSR count). The maximum absolute atomic E-state index is 12.3. The van der Waals surface area contributed by atoms with E-state index in [4.69, 9.17) is 11.6 Å². The Morgan fingerprint density at radius 2 is 2.00 bits per heavy atom. The largest absolute Gasteiger partial charge is 0.328 e. The zero-order valence-corrected chi connectivity index (χ0v) is 11.9. The van der Waals surface area contributed by atoms with Crippen molar-refractivity contribution in [1.29, 1.82) is 0 Å². The van der Waals surface area contributed by atoms with Gasteiger partial charge in [-0.1, -0.05) is 23.7 Å². The number of nitrogens with zero attached hydrogens (tertiary/aromatic N) is 2. The third-order valence-electron chi connectivity index (χ3n) is 3.48. The summed E-state index contributed by atoms with van der Waals surface area (Å²) in [6, 6.07) is 6.75. The number of benzene rings is 1. The Balaban J connectivity index is 1.80. The van der Waals surface area contributed by atoms with Gasteiger partial charge in [-0.2, -0.15) is 0 Å². The number of rotatable bonds is 2. The van der Waals surface area contributed by atoms with E-state index in [9.17, 15) is 9.59 Å². The van der Waals surface area contributed by atoms with Gasteiger partial charge in [-0.15, -0.1) is 11.8 Å². The van der Waals surface area contributed by atoms with Crippen LogP contribution in [-0.4, -0.2) is 38.9 Å². The zero-order valence-electron chi connectivity index (χ0n) is 10.4. The van der Waals surface area contributed by atoms with Gasteiger partial charge in [0.2, 0.25) is 0 Å². The van der Waals surface area contributed by atoms with Crippen LogP contribution in [0.5, 0.6) is 0 Å².